The molecule has 0 fully saturated rings. The van der Waals surface area contributed by atoms with Gasteiger partial charge in [-0.3, -0.25) is 5.41 Å². The molecule has 7 heteroatoms. The summed E-state index contributed by atoms with van der Waals surface area (Å²) < 4.78 is 18.6. The van der Waals surface area contributed by atoms with E-state index < -0.39 is 5.82 Å². The molecule has 0 atom stereocenters. The fourth-order valence-corrected chi connectivity index (χ4v) is 1.73. The van der Waals surface area contributed by atoms with E-state index in [0.29, 0.717) is 5.56 Å². The van der Waals surface area contributed by atoms with Gasteiger partial charge in [-0.1, -0.05) is 23.2 Å². The number of nitrogens with zero attached hydrogens (tertiary/aromatic N) is 1. The monoisotopic (exact) mass is 299 g/mol. The number of pyridine rings is 1. The number of hydrogen-bond donors (Lipinski definition) is 2. The molecule has 0 saturated heterocycles. The standard InChI is InChI=1S/C12H8Cl2FN3O/c13-8-2-1-6(5-9(8)15)19-12-10(14)7(11(16)17)3-4-18-12/h1-5H,(H3,16,17). The van der Waals surface area contributed by atoms with Crippen molar-refractivity contribution in [1.29, 1.82) is 5.41 Å². The normalized spacial score (nSPS) is 10.3. The Morgan fingerprint density at radius 1 is 1.32 bits per heavy atom. The van der Waals surface area contributed by atoms with Gasteiger partial charge in [0.05, 0.1) is 5.02 Å². The van der Waals surface area contributed by atoms with Crippen LogP contribution in [0.4, 0.5) is 4.39 Å². The second-order valence-corrected chi connectivity index (χ2v) is 4.35. The molecule has 0 amide bonds. The highest BCUT2D eigenvalue weighted by Gasteiger charge is 2.12. The van der Waals surface area contributed by atoms with Crippen molar-refractivity contribution in [3.05, 3.63) is 51.9 Å². The molecule has 0 aliphatic heterocycles. The smallest absolute Gasteiger partial charge is 0.238 e. The lowest BCUT2D eigenvalue weighted by atomic mass is 10.2. The van der Waals surface area contributed by atoms with E-state index in [9.17, 15) is 4.39 Å². The molecule has 2 aromatic rings. The van der Waals surface area contributed by atoms with E-state index >= 15 is 0 Å². The van der Waals surface area contributed by atoms with Gasteiger partial charge in [-0.25, -0.2) is 9.37 Å². The maximum absolute atomic E-state index is 13.3. The lowest BCUT2D eigenvalue weighted by molar-refractivity contribution is 0.458. The Labute approximate surface area is 118 Å². The summed E-state index contributed by atoms with van der Waals surface area (Å²) in [6.45, 7) is 0. The zero-order valence-corrected chi connectivity index (χ0v) is 11.0. The maximum Gasteiger partial charge on any atom is 0.238 e. The van der Waals surface area contributed by atoms with Crippen LogP contribution in [0, 0.1) is 11.2 Å². The molecule has 2 rings (SSSR count). The van der Waals surface area contributed by atoms with Gasteiger partial charge in [0.2, 0.25) is 5.88 Å². The number of hydrogen-bond acceptors (Lipinski definition) is 3. The van der Waals surface area contributed by atoms with Crippen molar-refractivity contribution in [2.75, 3.05) is 0 Å². The van der Waals surface area contributed by atoms with Crippen LogP contribution in [0.1, 0.15) is 5.56 Å². The SMILES string of the molecule is N=C(N)c1ccnc(Oc2ccc(Cl)c(F)c2)c1Cl. The van der Waals surface area contributed by atoms with Gasteiger partial charge in [0.15, 0.2) is 0 Å². The minimum absolute atomic E-state index is 0.0103. The summed E-state index contributed by atoms with van der Waals surface area (Å²) in [5, 5.41) is 7.43. The molecule has 98 valence electrons. The van der Waals surface area contributed by atoms with E-state index in [4.69, 9.17) is 39.1 Å². The number of rotatable bonds is 3. The number of nitrogen functional groups attached to an aromatic ring is 1. The lowest BCUT2D eigenvalue weighted by Gasteiger charge is -2.09. The highest BCUT2D eigenvalue weighted by molar-refractivity contribution is 6.35. The molecule has 0 bridgehead atoms. The number of nitrogens with one attached hydrogen (secondary N) is 1. The van der Waals surface area contributed by atoms with Crippen LogP contribution in [0.3, 0.4) is 0 Å². The van der Waals surface area contributed by atoms with Gasteiger partial charge in [-0.05, 0) is 18.2 Å². The van der Waals surface area contributed by atoms with Gasteiger partial charge in [-0.2, -0.15) is 0 Å². The zero-order chi connectivity index (χ0) is 14.0. The molecule has 0 saturated carbocycles. The first-order valence-electron chi connectivity index (χ1n) is 5.11. The van der Waals surface area contributed by atoms with Gasteiger partial charge in [-0.15, -0.1) is 0 Å². The van der Waals surface area contributed by atoms with Gasteiger partial charge in [0.1, 0.15) is 22.4 Å². The van der Waals surface area contributed by atoms with E-state index in [-0.39, 0.29) is 27.5 Å². The number of amidine groups is 1. The molecule has 0 aliphatic carbocycles. The fourth-order valence-electron chi connectivity index (χ4n) is 1.36. The number of halogens is 3. The molecular formula is C12H8Cl2FN3O. The van der Waals surface area contributed by atoms with Crippen molar-refractivity contribution in [3.8, 4) is 11.6 Å². The maximum atomic E-state index is 13.3. The van der Waals surface area contributed by atoms with Gasteiger partial charge >= 0.3 is 0 Å². The Morgan fingerprint density at radius 3 is 2.68 bits per heavy atom. The van der Waals surface area contributed by atoms with Gasteiger partial charge in [0, 0.05) is 17.8 Å². The average molecular weight is 300 g/mol. The highest BCUT2D eigenvalue weighted by Crippen LogP contribution is 2.30. The molecule has 4 nitrogen and oxygen atoms in total. The molecule has 1 aromatic carbocycles. The van der Waals surface area contributed by atoms with E-state index in [1.807, 2.05) is 0 Å². The predicted molar refractivity (Wildman–Crippen MR) is 71.7 cm³/mol. The third-order valence-electron chi connectivity index (χ3n) is 2.25. The van der Waals surface area contributed by atoms with Crippen LogP contribution >= 0.6 is 23.2 Å². The minimum Gasteiger partial charge on any atom is -0.437 e. The third-order valence-corrected chi connectivity index (χ3v) is 2.92. The van der Waals surface area contributed by atoms with Crippen LogP contribution in [0.25, 0.3) is 0 Å². The first-order chi connectivity index (χ1) is 8.99. The highest BCUT2D eigenvalue weighted by atomic mass is 35.5. The first kappa shape index (κ1) is 13.6. The molecule has 1 heterocycles. The van der Waals surface area contributed by atoms with Crippen molar-refractivity contribution >= 4 is 29.0 Å². The molecular weight excluding hydrogens is 292 g/mol. The largest absolute Gasteiger partial charge is 0.437 e. The minimum atomic E-state index is -0.613. The Kier molecular flexibility index (Phi) is 3.87. The number of benzene rings is 1. The van der Waals surface area contributed by atoms with Crippen molar-refractivity contribution < 1.29 is 9.13 Å². The summed E-state index contributed by atoms with van der Waals surface area (Å²) in [6, 6.07) is 5.43. The predicted octanol–water partition coefficient (Wildman–Crippen LogP) is 3.60. The molecule has 3 N–H and O–H groups in total. The number of aromatic nitrogens is 1. The molecule has 0 unspecified atom stereocenters. The van der Waals surface area contributed by atoms with Crippen molar-refractivity contribution in [1.82, 2.24) is 4.98 Å². The fraction of sp³-hybridized carbons (Fsp3) is 0. The van der Waals surface area contributed by atoms with E-state index in [1.165, 1.54) is 24.4 Å². The number of nitrogens with two attached hydrogens (primary N) is 1. The third kappa shape index (κ3) is 2.94. The summed E-state index contributed by atoms with van der Waals surface area (Å²) in [7, 11) is 0. The zero-order valence-electron chi connectivity index (χ0n) is 9.45. The van der Waals surface area contributed by atoms with Crippen molar-refractivity contribution in [2.45, 2.75) is 0 Å². The van der Waals surface area contributed by atoms with E-state index in [2.05, 4.69) is 4.98 Å². The lowest BCUT2D eigenvalue weighted by Crippen LogP contribution is -2.12. The van der Waals surface area contributed by atoms with Crippen molar-refractivity contribution in [2.24, 2.45) is 5.73 Å². The summed E-state index contributed by atoms with van der Waals surface area (Å²) in [5.74, 6) is -0.592. The van der Waals surface area contributed by atoms with Crippen LogP contribution in [0.15, 0.2) is 30.5 Å². The Balaban J connectivity index is 2.35. The average Bonchev–Trinajstić information content (AvgIpc) is 2.36. The molecule has 0 spiro atoms. The van der Waals surface area contributed by atoms with Gasteiger partial charge in [0.25, 0.3) is 0 Å². The Morgan fingerprint density at radius 2 is 2.05 bits per heavy atom. The van der Waals surface area contributed by atoms with Crippen LogP contribution in [0.2, 0.25) is 10.0 Å². The molecule has 1 aromatic heterocycles. The molecule has 19 heavy (non-hydrogen) atoms. The summed E-state index contributed by atoms with van der Waals surface area (Å²) >= 11 is 11.6. The summed E-state index contributed by atoms with van der Waals surface area (Å²) in [6.07, 6.45) is 1.39. The van der Waals surface area contributed by atoms with Crippen LogP contribution < -0.4 is 10.5 Å². The second kappa shape index (κ2) is 5.42. The molecule has 0 aliphatic rings. The first-order valence-corrected chi connectivity index (χ1v) is 5.86. The summed E-state index contributed by atoms with van der Waals surface area (Å²) in [4.78, 5) is 3.91. The Hall–Kier alpha value is -1.85. The van der Waals surface area contributed by atoms with Crippen molar-refractivity contribution in [3.63, 3.8) is 0 Å². The van der Waals surface area contributed by atoms with Gasteiger partial charge < -0.3 is 10.5 Å². The topological polar surface area (TPSA) is 72.0 Å². The van der Waals surface area contributed by atoms with Crippen LogP contribution in [0.5, 0.6) is 11.6 Å². The molecule has 0 radical (unpaired) electrons. The van der Waals surface area contributed by atoms with E-state index in [1.54, 1.807) is 0 Å². The van der Waals surface area contributed by atoms with Crippen LogP contribution in [-0.2, 0) is 0 Å². The van der Waals surface area contributed by atoms with E-state index in [0.717, 1.165) is 6.07 Å². The van der Waals surface area contributed by atoms with Crippen LogP contribution in [-0.4, -0.2) is 10.8 Å². The quantitative estimate of drug-likeness (QED) is 0.672. The number of ether oxygens (including phenoxy) is 1. The second-order valence-electron chi connectivity index (χ2n) is 3.57. The summed E-state index contributed by atoms with van der Waals surface area (Å²) in [5.41, 5.74) is 5.65. The Bertz CT molecular complexity index is 649.